The van der Waals surface area contributed by atoms with Gasteiger partial charge in [0.25, 0.3) is 0 Å². The SMILES string of the molecule is CNC(=O)CNS(=O)(=O)c1ccc(OC(F)(F)F)cc1. The summed E-state index contributed by atoms with van der Waals surface area (Å²) in [6.45, 7) is -0.473. The van der Waals surface area contributed by atoms with E-state index < -0.39 is 34.6 Å². The number of rotatable bonds is 5. The van der Waals surface area contributed by atoms with Crippen LogP contribution in [-0.2, 0) is 14.8 Å². The lowest BCUT2D eigenvalue weighted by Crippen LogP contribution is -2.35. The van der Waals surface area contributed by atoms with Gasteiger partial charge in [-0.2, -0.15) is 0 Å². The molecule has 10 heteroatoms. The van der Waals surface area contributed by atoms with Gasteiger partial charge in [0.1, 0.15) is 5.75 Å². The normalized spacial score (nSPS) is 12.0. The highest BCUT2D eigenvalue weighted by atomic mass is 32.2. The van der Waals surface area contributed by atoms with Crippen molar-refractivity contribution in [2.45, 2.75) is 11.3 Å². The Morgan fingerprint density at radius 2 is 1.80 bits per heavy atom. The van der Waals surface area contributed by atoms with Gasteiger partial charge in [-0.25, -0.2) is 13.1 Å². The number of hydrogen-bond donors (Lipinski definition) is 2. The van der Waals surface area contributed by atoms with Crippen molar-refractivity contribution in [1.29, 1.82) is 0 Å². The van der Waals surface area contributed by atoms with Crippen LogP contribution in [0.25, 0.3) is 0 Å². The van der Waals surface area contributed by atoms with Gasteiger partial charge in [-0.3, -0.25) is 4.79 Å². The van der Waals surface area contributed by atoms with Crippen molar-refractivity contribution in [2.75, 3.05) is 13.6 Å². The van der Waals surface area contributed by atoms with E-state index in [0.29, 0.717) is 0 Å². The molecule has 0 radical (unpaired) electrons. The maximum atomic E-state index is 11.9. The van der Waals surface area contributed by atoms with Gasteiger partial charge in [0.2, 0.25) is 15.9 Å². The average Bonchev–Trinajstić information content (AvgIpc) is 2.34. The molecule has 1 rings (SSSR count). The van der Waals surface area contributed by atoms with Gasteiger partial charge < -0.3 is 10.1 Å². The third kappa shape index (κ3) is 5.05. The number of carbonyl (C=O) groups is 1. The van der Waals surface area contributed by atoms with Gasteiger partial charge in [-0.1, -0.05) is 0 Å². The molecule has 0 unspecified atom stereocenters. The third-order valence-corrected chi connectivity index (χ3v) is 3.49. The van der Waals surface area contributed by atoms with Crippen LogP contribution in [0.2, 0.25) is 0 Å². The summed E-state index contributed by atoms with van der Waals surface area (Å²) in [4.78, 5) is 10.6. The first-order valence-electron chi connectivity index (χ1n) is 5.20. The van der Waals surface area contributed by atoms with E-state index in [2.05, 4.69) is 10.1 Å². The molecule has 0 aliphatic heterocycles. The van der Waals surface area contributed by atoms with Crippen molar-refractivity contribution in [3.05, 3.63) is 24.3 Å². The van der Waals surface area contributed by atoms with Crippen LogP contribution in [0.3, 0.4) is 0 Å². The summed E-state index contributed by atoms with van der Waals surface area (Å²) >= 11 is 0. The Hall–Kier alpha value is -1.81. The van der Waals surface area contributed by atoms with Crippen LogP contribution in [0.1, 0.15) is 0 Å². The van der Waals surface area contributed by atoms with Crippen LogP contribution in [0.5, 0.6) is 5.75 Å². The number of likely N-dealkylation sites (N-methyl/N-ethyl adjacent to an activating group) is 1. The van der Waals surface area contributed by atoms with Gasteiger partial charge >= 0.3 is 6.36 Å². The predicted octanol–water partition coefficient (Wildman–Crippen LogP) is 0.609. The van der Waals surface area contributed by atoms with E-state index >= 15 is 0 Å². The molecule has 1 aromatic rings. The number of benzene rings is 1. The molecule has 0 aliphatic rings. The second kappa shape index (κ2) is 6.09. The largest absolute Gasteiger partial charge is 0.573 e. The van der Waals surface area contributed by atoms with Crippen molar-refractivity contribution in [1.82, 2.24) is 10.0 Å². The topological polar surface area (TPSA) is 84.5 Å². The van der Waals surface area contributed by atoms with Crippen molar-refractivity contribution >= 4 is 15.9 Å². The lowest BCUT2D eigenvalue weighted by molar-refractivity contribution is -0.274. The predicted molar refractivity (Wildman–Crippen MR) is 62.4 cm³/mol. The van der Waals surface area contributed by atoms with Crippen LogP contribution in [0, 0.1) is 0 Å². The Kier molecular flexibility index (Phi) is 4.95. The van der Waals surface area contributed by atoms with Crippen LogP contribution in [-0.4, -0.2) is 34.3 Å². The number of amides is 1. The molecule has 2 N–H and O–H groups in total. The van der Waals surface area contributed by atoms with Crippen molar-refractivity contribution < 1.29 is 31.1 Å². The fraction of sp³-hybridized carbons (Fsp3) is 0.300. The molecular formula is C10H11F3N2O4S. The first-order chi connectivity index (χ1) is 9.14. The van der Waals surface area contributed by atoms with Gasteiger partial charge in [-0.05, 0) is 24.3 Å². The lowest BCUT2D eigenvalue weighted by atomic mass is 10.3. The number of ether oxygens (including phenoxy) is 1. The van der Waals surface area contributed by atoms with E-state index in [-0.39, 0.29) is 4.90 Å². The van der Waals surface area contributed by atoms with E-state index in [0.717, 1.165) is 24.3 Å². The summed E-state index contributed by atoms with van der Waals surface area (Å²) in [6.07, 6.45) is -4.85. The van der Waals surface area contributed by atoms with E-state index in [1.807, 2.05) is 4.72 Å². The fourth-order valence-electron chi connectivity index (χ4n) is 1.15. The van der Waals surface area contributed by atoms with Gasteiger partial charge in [0.05, 0.1) is 11.4 Å². The second-order valence-electron chi connectivity index (χ2n) is 3.52. The Morgan fingerprint density at radius 3 is 2.25 bits per heavy atom. The first-order valence-corrected chi connectivity index (χ1v) is 6.68. The van der Waals surface area contributed by atoms with Gasteiger partial charge in [0, 0.05) is 7.05 Å². The summed E-state index contributed by atoms with van der Waals surface area (Å²) in [6, 6.07) is 3.60. The highest BCUT2D eigenvalue weighted by Crippen LogP contribution is 2.23. The van der Waals surface area contributed by atoms with Crippen LogP contribution in [0.4, 0.5) is 13.2 Å². The number of halogens is 3. The quantitative estimate of drug-likeness (QED) is 0.834. The Balaban J connectivity index is 2.79. The molecule has 0 fully saturated rings. The van der Waals surface area contributed by atoms with Crippen molar-refractivity contribution in [3.8, 4) is 5.75 Å². The zero-order chi connectivity index (χ0) is 15.4. The molecule has 0 saturated heterocycles. The molecule has 0 aromatic heterocycles. The molecule has 6 nitrogen and oxygen atoms in total. The molecule has 0 atom stereocenters. The summed E-state index contributed by atoms with van der Waals surface area (Å²) < 4.78 is 64.8. The van der Waals surface area contributed by atoms with Gasteiger partial charge in [-0.15, -0.1) is 13.2 Å². The Morgan fingerprint density at radius 1 is 1.25 bits per heavy atom. The maximum Gasteiger partial charge on any atom is 0.573 e. The number of carbonyl (C=O) groups excluding carboxylic acids is 1. The van der Waals surface area contributed by atoms with E-state index in [9.17, 15) is 26.4 Å². The molecular weight excluding hydrogens is 301 g/mol. The summed E-state index contributed by atoms with van der Waals surface area (Å²) in [5.74, 6) is -1.09. The smallest absolute Gasteiger partial charge is 0.406 e. The van der Waals surface area contributed by atoms with Gasteiger partial charge in [0.15, 0.2) is 0 Å². The molecule has 0 spiro atoms. The van der Waals surface area contributed by atoms with Crippen LogP contribution < -0.4 is 14.8 Å². The minimum absolute atomic E-state index is 0.282. The van der Waals surface area contributed by atoms with E-state index in [1.54, 1.807) is 0 Å². The lowest BCUT2D eigenvalue weighted by Gasteiger charge is -2.10. The summed E-state index contributed by atoms with van der Waals surface area (Å²) in [7, 11) is -2.64. The highest BCUT2D eigenvalue weighted by Gasteiger charge is 2.31. The van der Waals surface area contributed by atoms with Crippen LogP contribution >= 0.6 is 0 Å². The van der Waals surface area contributed by atoms with Crippen molar-refractivity contribution in [2.24, 2.45) is 0 Å². The van der Waals surface area contributed by atoms with Crippen molar-refractivity contribution in [3.63, 3.8) is 0 Å². The second-order valence-corrected chi connectivity index (χ2v) is 5.28. The van der Waals surface area contributed by atoms with Crippen LogP contribution in [0.15, 0.2) is 29.2 Å². The monoisotopic (exact) mass is 312 g/mol. The zero-order valence-corrected chi connectivity index (χ0v) is 11.0. The molecule has 112 valence electrons. The molecule has 0 saturated carbocycles. The third-order valence-electron chi connectivity index (χ3n) is 2.07. The number of hydrogen-bond acceptors (Lipinski definition) is 4. The molecule has 0 heterocycles. The average molecular weight is 312 g/mol. The minimum Gasteiger partial charge on any atom is -0.406 e. The molecule has 20 heavy (non-hydrogen) atoms. The maximum absolute atomic E-state index is 11.9. The van der Waals surface area contributed by atoms with E-state index in [1.165, 1.54) is 7.05 Å². The molecule has 0 bridgehead atoms. The molecule has 1 amide bonds. The minimum atomic E-state index is -4.85. The number of nitrogens with one attached hydrogen (secondary N) is 2. The first kappa shape index (κ1) is 16.2. The highest BCUT2D eigenvalue weighted by molar-refractivity contribution is 7.89. The fourth-order valence-corrected chi connectivity index (χ4v) is 2.13. The zero-order valence-electron chi connectivity index (χ0n) is 10.2. The molecule has 0 aliphatic carbocycles. The number of alkyl halides is 3. The van der Waals surface area contributed by atoms with E-state index in [4.69, 9.17) is 0 Å². The standard InChI is InChI=1S/C10H11F3N2O4S/c1-14-9(16)6-15-20(17,18)8-4-2-7(3-5-8)19-10(11,12)13/h2-5,15H,6H2,1H3,(H,14,16). The molecule has 1 aromatic carbocycles. The summed E-state index contributed by atoms with van der Waals surface area (Å²) in [5, 5.41) is 2.21. The Bertz CT molecular complexity index is 569. The summed E-state index contributed by atoms with van der Waals surface area (Å²) in [5.41, 5.74) is 0. The number of sulfonamides is 1. The Labute approximate surface area is 113 Å².